The molecular weight excluding hydrogens is 341 g/mol. The first-order valence-corrected chi connectivity index (χ1v) is 8.89. The normalized spacial score (nSPS) is 10.9. The number of ether oxygens (including phenoxy) is 2. The van der Waals surface area contributed by atoms with Crippen LogP contribution in [0.4, 0.5) is 10.1 Å². The van der Waals surface area contributed by atoms with Crippen LogP contribution < -0.4 is 9.47 Å². The Balaban J connectivity index is 1.75. The number of aryl methyl sites for hydroxylation is 1. The molecule has 0 heterocycles. The molecule has 0 spiro atoms. The van der Waals surface area contributed by atoms with Crippen LogP contribution in [0.2, 0.25) is 0 Å². The first-order valence-electron chi connectivity index (χ1n) is 8.89. The van der Waals surface area contributed by atoms with E-state index in [2.05, 4.69) is 4.99 Å². The van der Waals surface area contributed by atoms with Gasteiger partial charge in [0.2, 0.25) is 0 Å². The highest BCUT2D eigenvalue weighted by Crippen LogP contribution is 2.29. The fourth-order valence-electron chi connectivity index (χ4n) is 2.59. The van der Waals surface area contributed by atoms with Crippen molar-refractivity contribution in [1.82, 2.24) is 0 Å². The summed E-state index contributed by atoms with van der Waals surface area (Å²) in [5, 5.41) is 0. The second-order valence-electron chi connectivity index (χ2n) is 6.10. The van der Waals surface area contributed by atoms with E-state index in [1.165, 1.54) is 12.1 Å². The smallest absolute Gasteiger partial charge is 0.161 e. The van der Waals surface area contributed by atoms with E-state index in [0.717, 1.165) is 22.4 Å². The topological polar surface area (TPSA) is 30.8 Å². The number of hydrogen-bond acceptors (Lipinski definition) is 3. The fourth-order valence-corrected chi connectivity index (χ4v) is 2.59. The van der Waals surface area contributed by atoms with Crippen LogP contribution in [0.15, 0.2) is 71.7 Å². The van der Waals surface area contributed by atoms with Crippen molar-refractivity contribution in [2.24, 2.45) is 4.99 Å². The summed E-state index contributed by atoms with van der Waals surface area (Å²) in [6.45, 7) is 4.84. The van der Waals surface area contributed by atoms with E-state index >= 15 is 0 Å². The molecule has 138 valence electrons. The van der Waals surface area contributed by atoms with Crippen LogP contribution in [0, 0.1) is 12.7 Å². The molecule has 0 saturated carbocycles. The molecule has 0 radical (unpaired) electrons. The lowest BCUT2D eigenvalue weighted by Crippen LogP contribution is -2.00. The number of benzene rings is 3. The molecule has 0 saturated heterocycles. The van der Waals surface area contributed by atoms with Gasteiger partial charge in [-0.15, -0.1) is 0 Å². The summed E-state index contributed by atoms with van der Waals surface area (Å²) in [7, 11) is 0. The van der Waals surface area contributed by atoms with Gasteiger partial charge in [0.05, 0.1) is 12.3 Å². The third kappa shape index (κ3) is 5.17. The van der Waals surface area contributed by atoms with Crippen molar-refractivity contribution in [2.75, 3.05) is 6.61 Å². The quantitative estimate of drug-likeness (QED) is 0.492. The highest BCUT2D eigenvalue weighted by atomic mass is 19.1. The average molecular weight is 363 g/mol. The molecule has 0 aliphatic rings. The molecule has 3 rings (SSSR count). The molecular formula is C23H22FNO2. The monoisotopic (exact) mass is 363 g/mol. The third-order valence-electron chi connectivity index (χ3n) is 4.04. The second-order valence-corrected chi connectivity index (χ2v) is 6.10. The van der Waals surface area contributed by atoms with Gasteiger partial charge in [-0.1, -0.05) is 30.3 Å². The molecule has 0 amide bonds. The lowest BCUT2D eigenvalue weighted by Gasteiger charge is -2.12. The summed E-state index contributed by atoms with van der Waals surface area (Å²) in [6, 6.07) is 20.0. The maximum absolute atomic E-state index is 13.0. The Morgan fingerprint density at radius 2 is 1.70 bits per heavy atom. The molecule has 0 bridgehead atoms. The van der Waals surface area contributed by atoms with Crippen LogP contribution >= 0.6 is 0 Å². The van der Waals surface area contributed by atoms with E-state index in [1.807, 2.05) is 62.5 Å². The molecule has 3 nitrogen and oxygen atoms in total. The molecule has 3 aromatic rings. The van der Waals surface area contributed by atoms with Crippen LogP contribution in [0.3, 0.4) is 0 Å². The Labute approximate surface area is 159 Å². The first-order chi connectivity index (χ1) is 13.2. The number of para-hydroxylation sites is 1. The van der Waals surface area contributed by atoms with Gasteiger partial charge in [0.25, 0.3) is 0 Å². The zero-order valence-corrected chi connectivity index (χ0v) is 15.5. The highest BCUT2D eigenvalue weighted by Gasteiger charge is 2.07. The van der Waals surface area contributed by atoms with E-state index in [0.29, 0.717) is 24.7 Å². The van der Waals surface area contributed by atoms with Gasteiger partial charge < -0.3 is 9.47 Å². The van der Waals surface area contributed by atoms with Crippen molar-refractivity contribution in [3.8, 4) is 11.5 Å². The Bertz CT molecular complexity index is 920. The highest BCUT2D eigenvalue weighted by molar-refractivity contribution is 5.83. The number of aliphatic imine (C=N–C) groups is 1. The van der Waals surface area contributed by atoms with Gasteiger partial charge in [0.1, 0.15) is 12.4 Å². The summed E-state index contributed by atoms with van der Waals surface area (Å²) in [6.07, 6.45) is 1.81. The summed E-state index contributed by atoms with van der Waals surface area (Å²) in [5.41, 5.74) is 3.88. The fraction of sp³-hybridized carbons (Fsp3) is 0.174. The first kappa shape index (κ1) is 18.6. The largest absolute Gasteiger partial charge is 0.490 e. The zero-order chi connectivity index (χ0) is 19.1. The van der Waals surface area contributed by atoms with E-state index in [4.69, 9.17) is 9.47 Å². The van der Waals surface area contributed by atoms with Crippen LogP contribution in [-0.4, -0.2) is 12.8 Å². The minimum absolute atomic E-state index is 0.258. The molecule has 0 unspecified atom stereocenters. The maximum Gasteiger partial charge on any atom is 0.161 e. The summed E-state index contributed by atoms with van der Waals surface area (Å²) < 4.78 is 24.6. The van der Waals surface area contributed by atoms with E-state index < -0.39 is 0 Å². The van der Waals surface area contributed by atoms with Crippen molar-refractivity contribution in [3.05, 3.63) is 89.2 Å². The predicted molar refractivity (Wildman–Crippen MR) is 107 cm³/mol. The van der Waals surface area contributed by atoms with Gasteiger partial charge in [-0.05, 0) is 66.9 Å². The number of rotatable bonds is 7. The van der Waals surface area contributed by atoms with Gasteiger partial charge in [-0.3, -0.25) is 4.99 Å². The number of hydrogen-bond donors (Lipinski definition) is 0. The van der Waals surface area contributed by atoms with E-state index in [-0.39, 0.29) is 5.82 Å². The molecule has 0 N–H and O–H groups in total. The average Bonchev–Trinajstić information content (AvgIpc) is 2.68. The Kier molecular flexibility index (Phi) is 6.21. The summed E-state index contributed by atoms with van der Waals surface area (Å²) >= 11 is 0. The Morgan fingerprint density at radius 1 is 0.926 bits per heavy atom. The van der Waals surface area contributed by atoms with Crippen LogP contribution in [0.1, 0.15) is 23.6 Å². The van der Waals surface area contributed by atoms with Crippen molar-refractivity contribution < 1.29 is 13.9 Å². The molecule has 4 heteroatoms. The van der Waals surface area contributed by atoms with Crippen LogP contribution in [-0.2, 0) is 6.61 Å². The molecule has 3 aromatic carbocycles. The molecule has 0 fully saturated rings. The van der Waals surface area contributed by atoms with E-state index in [1.54, 1.807) is 12.1 Å². The summed E-state index contributed by atoms with van der Waals surface area (Å²) in [4.78, 5) is 4.55. The van der Waals surface area contributed by atoms with E-state index in [9.17, 15) is 4.39 Å². The molecule has 0 aliphatic carbocycles. The zero-order valence-electron chi connectivity index (χ0n) is 15.5. The molecule has 0 atom stereocenters. The van der Waals surface area contributed by atoms with Gasteiger partial charge in [0.15, 0.2) is 11.5 Å². The lowest BCUT2D eigenvalue weighted by molar-refractivity contribution is 0.269. The van der Waals surface area contributed by atoms with Gasteiger partial charge in [-0.2, -0.15) is 0 Å². The minimum atomic E-state index is -0.258. The van der Waals surface area contributed by atoms with Crippen molar-refractivity contribution in [1.29, 1.82) is 0 Å². The van der Waals surface area contributed by atoms with Gasteiger partial charge in [0, 0.05) is 6.21 Å². The van der Waals surface area contributed by atoms with Gasteiger partial charge >= 0.3 is 0 Å². The predicted octanol–water partition coefficient (Wildman–Crippen LogP) is 5.86. The van der Waals surface area contributed by atoms with Crippen molar-refractivity contribution in [2.45, 2.75) is 20.5 Å². The van der Waals surface area contributed by atoms with Crippen molar-refractivity contribution in [3.63, 3.8) is 0 Å². The SMILES string of the molecule is CCOc1cc(C=Nc2ccccc2C)ccc1OCc1ccc(F)cc1. The third-order valence-corrected chi connectivity index (χ3v) is 4.04. The molecule has 0 aromatic heterocycles. The van der Waals surface area contributed by atoms with Crippen LogP contribution in [0.5, 0.6) is 11.5 Å². The Morgan fingerprint density at radius 3 is 2.44 bits per heavy atom. The summed E-state index contributed by atoms with van der Waals surface area (Å²) in [5.74, 6) is 1.05. The van der Waals surface area contributed by atoms with Gasteiger partial charge in [-0.25, -0.2) is 4.39 Å². The lowest BCUT2D eigenvalue weighted by atomic mass is 10.2. The maximum atomic E-state index is 13.0. The number of nitrogens with zero attached hydrogens (tertiary/aromatic N) is 1. The molecule has 27 heavy (non-hydrogen) atoms. The van der Waals surface area contributed by atoms with Crippen LogP contribution in [0.25, 0.3) is 0 Å². The number of halogens is 1. The van der Waals surface area contributed by atoms with Crippen molar-refractivity contribution >= 4 is 11.9 Å². The Hall–Kier alpha value is -3.14. The molecule has 0 aliphatic heterocycles. The minimum Gasteiger partial charge on any atom is -0.490 e. The standard InChI is InChI=1S/C23H22FNO2/c1-3-26-23-14-19(15-25-21-7-5-4-6-17(21)2)10-13-22(23)27-16-18-8-11-20(24)12-9-18/h4-15H,3,16H2,1-2H3. The second kappa shape index (κ2) is 8.99.